The number of H-pyrrole nitrogens is 1. The van der Waals surface area contributed by atoms with Crippen LogP contribution in [0.4, 0.5) is 0 Å². The minimum Gasteiger partial charge on any atom is -0.495 e. The van der Waals surface area contributed by atoms with E-state index in [1.165, 1.54) is 22.2 Å². The second kappa shape index (κ2) is 5.66. The quantitative estimate of drug-likeness (QED) is 0.865. The zero-order valence-electron chi connectivity index (χ0n) is 12.6. The third kappa shape index (κ3) is 2.61. The first-order chi connectivity index (χ1) is 9.08. The average Bonchev–Trinajstić information content (AvgIpc) is 2.74. The summed E-state index contributed by atoms with van der Waals surface area (Å²) in [6.07, 6.45) is 1.04. The van der Waals surface area contributed by atoms with Gasteiger partial charge in [-0.15, -0.1) is 0 Å². The fourth-order valence-electron chi connectivity index (χ4n) is 2.65. The van der Waals surface area contributed by atoms with Gasteiger partial charge in [-0.3, -0.25) is 0 Å². The van der Waals surface area contributed by atoms with Gasteiger partial charge in [0.25, 0.3) is 0 Å². The molecule has 0 radical (unpaired) electrons. The van der Waals surface area contributed by atoms with E-state index in [-0.39, 0.29) is 0 Å². The lowest BCUT2D eigenvalue weighted by Gasteiger charge is -2.07. The first-order valence-corrected chi connectivity index (χ1v) is 6.92. The standard InChI is InChI=1S/C16H24N2O/c1-10(2)15-12(6-7-17-4)13-8-11(3)9-14(19-5)16(13)18-15/h8-10,17-18H,6-7H2,1-5H3. The van der Waals surface area contributed by atoms with E-state index in [1.54, 1.807) is 7.11 Å². The van der Waals surface area contributed by atoms with Crippen LogP contribution in [0.3, 0.4) is 0 Å². The zero-order valence-corrected chi connectivity index (χ0v) is 12.6. The van der Waals surface area contributed by atoms with Crippen LogP contribution in [-0.2, 0) is 6.42 Å². The molecule has 3 heteroatoms. The molecule has 0 aliphatic heterocycles. The van der Waals surface area contributed by atoms with E-state index in [9.17, 15) is 0 Å². The van der Waals surface area contributed by atoms with Gasteiger partial charge in [-0.2, -0.15) is 0 Å². The van der Waals surface area contributed by atoms with E-state index in [0.717, 1.165) is 24.2 Å². The van der Waals surface area contributed by atoms with Crippen LogP contribution in [-0.4, -0.2) is 25.7 Å². The summed E-state index contributed by atoms with van der Waals surface area (Å²) < 4.78 is 5.51. The molecular formula is C16H24N2O. The van der Waals surface area contributed by atoms with Crippen molar-refractivity contribution in [1.29, 1.82) is 0 Å². The Balaban J connectivity index is 2.66. The van der Waals surface area contributed by atoms with Crippen molar-refractivity contribution in [3.63, 3.8) is 0 Å². The van der Waals surface area contributed by atoms with Gasteiger partial charge in [0.05, 0.1) is 12.6 Å². The Hall–Kier alpha value is -1.48. The van der Waals surface area contributed by atoms with E-state index in [2.05, 4.69) is 43.2 Å². The van der Waals surface area contributed by atoms with Crippen molar-refractivity contribution >= 4 is 10.9 Å². The van der Waals surface area contributed by atoms with Crippen molar-refractivity contribution in [3.8, 4) is 5.75 Å². The van der Waals surface area contributed by atoms with Crippen LogP contribution in [0.25, 0.3) is 10.9 Å². The Morgan fingerprint density at radius 3 is 2.63 bits per heavy atom. The van der Waals surface area contributed by atoms with Gasteiger partial charge in [0.15, 0.2) is 0 Å². The summed E-state index contributed by atoms with van der Waals surface area (Å²) in [7, 11) is 3.73. The fourth-order valence-corrected chi connectivity index (χ4v) is 2.65. The molecule has 2 aromatic rings. The lowest BCUT2D eigenvalue weighted by molar-refractivity contribution is 0.418. The Bertz CT molecular complexity index is 570. The summed E-state index contributed by atoms with van der Waals surface area (Å²) in [5.41, 5.74) is 5.11. The number of aromatic amines is 1. The Morgan fingerprint density at radius 2 is 2.05 bits per heavy atom. The maximum Gasteiger partial charge on any atom is 0.143 e. The number of hydrogen-bond donors (Lipinski definition) is 2. The molecule has 2 rings (SSSR count). The molecule has 0 saturated heterocycles. The molecule has 0 aliphatic carbocycles. The summed E-state index contributed by atoms with van der Waals surface area (Å²) in [5.74, 6) is 1.43. The number of benzene rings is 1. The van der Waals surface area contributed by atoms with Crippen molar-refractivity contribution in [2.45, 2.75) is 33.1 Å². The van der Waals surface area contributed by atoms with Crippen LogP contribution in [0, 0.1) is 6.92 Å². The summed E-state index contributed by atoms with van der Waals surface area (Å²) in [6, 6.07) is 4.34. The predicted molar refractivity (Wildman–Crippen MR) is 81.3 cm³/mol. The van der Waals surface area contributed by atoms with Gasteiger partial charge in [0.2, 0.25) is 0 Å². The molecule has 0 bridgehead atoms. The molecule has 0 aliphatic rings. The molecule has 1 aromatic heterocycles. The lowest BCUT2D eigenvalue weighted by Crippen LogP contribution is -2.11. The topological polar surface area (TPSA) is 37.0 Å². The van der Waals surface area contributed by atoms with Crippen molar-refractivity contribution < 1.29 is 4.74 Å². The summed E-state index contributed by atoms with van der Waals surface area (Å²) in [5, 5.41) is 4.54. The van der Waals surface area contributed by atoms with Crippen molar-refractivity contribution in [2.75, 3.05) is 20.7 Å². The average molecular weight is 260 g/mol. The molecule has 19 heavy (non-hydrogen) atoms. The van der Waals surface area contributed by atoms with E-state index >= 15 is 0 Å². The second-order valence-corrected chi connectivity index (χ2v) is 5.42. The van der Waals surface area contributed by atoms with Crippen LogP contribution in [0.1, 0.15) is 36.6 Å². The molecule has 1 aromatic carbocycles. The summed E-state index contributed by atoms with van der Waals surface area (Å²) >= 11 is 0. The Labute approximate surface area is 115 Å². The van der Waals surface area contributed by atoms with E-state index < -0.39 is 0 Å². The van der Waals surface area contributed by atoms with E-state index in [1.807, 2.05) is 7.05 Å². The Kier molecular flexibility index (Phi) is 4.15. The largest absolute Gasteiger partial charge is 0.495 e. The molecule has 0 fully saturated rings. The number of methoxy groups -OCH3 is 1. The van der Waals surface area contributed by atoms with Crippen LogP contribution in [0.2, 0.25) is 0 Å². The third-order valence-electron chi connectivity index (χ3n) is 3.58. The molecule has 104 valence electrons. The molecule has 3 nitrogen and oxygen atoms in total. The molecule has 0 saturated carbocycles. The summed E-state index contributed by atoms with van der Waals surface area (Å²) in [4.78, 5) is 3.57. The third-order valence-corrected chi connectivity index (χ3v) is 3.58. The van der Waals surface area contributed by atoms with Gasteiger partial charge >= 0.3 is 0 Å². The fraction of sp³-hybridized carbons (Fsp3) is 0.500. The highest BCUT2D eigenvalue weighted by molar-refractivity contribution is 5.90. The normalized spacial score (nSPS) is 11.5. The second-order valence-electron chi connectivity index (χ2n) is 5.42. The van der Waals surface area contributed by atoms with Crippen molar-refractivity contribution in [2.24, 2.45) is 0 Å². The SMILES string of the molecule is CNCCc1c(C(C)C)[nH]c2c(OC)cc(C)cc12. The van der Waals surface area contributed by atoms with Crippen molar-refractivity contribution in [1.82, 2.24) is 10.3 Å². The van der Waals surface area contributed by atoms with Crippen LogP contribution < -0.4 is 10.1 Å². The minimum atomic E-state index is 0.490. The smallest absolute Gasteiger partial charge is 0.143 e. The molecule has 2 N–H and O–H groups in total. The Morgan fingerprint density at radius 1 is 1.32 bits per heavy atom. The number of nitrogens with one attached hydrogen (secondary N) is 2. The van der Waals surface area contributed by atoms with E-state index in [0.29, 0.717) is 5.92 Å². The number of aromatic nitrogens is 1. The molecule has 0 spiro atoms. The highest BCUT2D eigenvalue weighted by atomic mass is 16.5. The van der Waals surface area contributed by atoms with Crippen LogP contribution >= 0.6 is 0 Å². The molecular weight excluding hydrogens is 236 g/mol. The number of hydrogen-bond acceptors (Lipinski definition) is 2. The first-order valence-electron chi connectivity index (χ1n) is 6.92. The first kappa shape index (κ1) is 13.9. The minimum absolute atomic E-state index is 0.490. The van der Waals surface area contributed by atoms with Crippen LogP contribution in [0.5, 0.6) is 5.75 Å². The number of likely N-dealkylation sites (N-methyl/N-ethyl adjacent to an activating group) is 1. The lowest BCUT2D eigenvalue weighted by atomic mass is 10.00. The highest BCUT2D eigenvalue weighted by Crippen LogP contribution is 2.34. The number of ether oxygens (including phenoxy) is 1. The highest BCUT2D eigenvalue weighted by Gasteiger charge is 2.16. The van der Waals surface area contributed by atoms with Gasteiger partial charge in [0, 0.05) is 11.1 Å². The monoisotopic (exact) mass is 260 g/mol. The maximum atomic E-state index is 5.51. The number of rotatable bonds is 5. The molecule has 0 atom stereocenters. The number of aryl methyl sites for hydroxylation is 1. The molecule has 1 heterocycles. The molecule has 0 amide bonds. The van der Waals surface area contributed by atoms with Crippen LogP contribution in [0.15, 0.2) is 12.1 Å². The maximum absolute atomic E-state index is 5.51. The van der Waals surface area contributed by atoms with Crippen molar-refractivity contribution in [3.05, 3.63) is 29.0 Å². The van der Waals surface area contributed by atoms with Gasteiger partial charge in [0.1, 0.15) is 5.75 Å². The van der Waals surface area contributed by atoms with Gasteiger partial charge in [-0.25, -0.2) is 0 Å². The van der Waals surface area contributed by atoms with Gasteiger partial charge in [-0.1, -0.05) is 13.8 Å². The van der Waals surface area contributed by atoms with Gasteiger partial charge < -0.3 is 15.0 Å². The number of fused-ring (bicyclic) bond motifs is 1. The molecule has 0 unspecified atom stereocenters. The van der Waals surface area contributed by atoms with E-state index in [4.69, 9.17) is 4.74 Å². The zero-order chi connectivity index (χ0) is 14.0. The summed E-state index contributed by atoms with van der Waals surface area (Å²) in [6.45, 7) is 7.56. The predicted octanol–water partition coefficient (Wildman–Crippen LogP) is 3.37. The van der Waals surface area contributed by atoms with Gasteiger partial charge in [-0.05, 0) is 56.1 Å².